The predicted molar refractivity (Wildman–Crippen MR) is 105 cm³/mol. The lowest BCUT2D eigenvalue weighted by molar-refractivity contribution is 0.0235. The molecule has 2 amide bonds. The zero-order valence-corrected chi connectivity index (χ0v) is 18.2. The summed E-state index contributed by atoms with van der Waals surface area (Å²) in [5.41, 5.74) is -0.477. The van der Waals surface area contributed by atoms with E-state index < -0.39 is 17.3 Å². The number of carbonyl (C=O) groups is 2. The van der Waals surface area contributed by atoms with E-state index in [1.807, 2.05) is 20.8 Å². The van der Waals surface area contributed by atoms with Crippen LogP contribution in [0.15, 0.2) is 0 Å². The quantitative estimate of drug-likeness (QED) is 0.761. The third-order valence-electron chi connectivity index (χ3n) is 3.97. The molecule has 0 fully saturated rings. The molecule has 0 aliphatic carbocycles. The van der Waals surface area contributed by atoms with Gasteiger partial charge in [-0.3, -0.25) is 9.58 Å². The highest BCUT2D eigenvalue weighted by molar-refractivity contribution is 5.88. The third kappa shape index (κ3) is 5.30. The van der Waals surface area contributed by atoms with Crippen molar-refractivity contribution in [2.45, 2.75) is 72.3 Å². The molecule has 1 aliphatic rings. The number of anilines is 1. The zero-order valence-electron chi connectivity index (χ0n) is 18.2. The lowest BCUT2D eigenvalue weighted by Gasteiger charge is -2.26. The lowest BCUT2D eigenvalue weighted by atomic mass is 10.2. The maximum absolute atomic E-state index is 12.5. The van der Waals surface area contributed by atoms with Crippen molar-refractivity contribution in [2.24, 2.45) is 0 Å². The van der Waals surface area contributed by atoms with E-state index in [0.717, 1.165) is 5.69 Å². The summed E-state index contributed by atoms with van der Waals surface area (Å²) in [5, 5.41) is 4.54. The highest BCUT2D eigenvalue weighted by Crippen LogP contribution is 2.34. The van der Waals surface area contributed by atoms with Gasteiger partial charge in [0.15, 0.2) is 5.75 Å². The van der Waals surface area contributed by atoms with Gasteiger partial charge in [-0.05, 0) is 48.0 Å². The van der Waals surface area contributed by atoms with E-state index in [2.05, 4.69) is 5.10 Å². The summed E-state index contributed by atoms with van der Waals surface area (Å²) in [6, 6.07) is 0. The first-order chi connectivity index (χ1) is 12.8. The Balaban J connectivity index is 2.30. The van der Waals surface area contributed by atoms with Crippen molar-refractivity contribution in [3.63, 3.8) is 0 Å². The smallest absolute Gasteiger partial charge is 0.415 e. The maximum atomic E-state index is 12.5. The van der Waals surface area contributed by atoms with Crippen LogP contribution in [0.25, 0.3) is 0 Å². The van der Waals surface area contributed by atoms with Crippen LogP contribution in [0.3, 0.4) is 0 Å². The number of hydrogen-bond acceptors (Lipinski definition) is 6. The molecule has 9 heteroatoms. The third-order valence-corrected chi connectivity index (χ3v) is 3.97. The van der Waals surface area contributed by atoms with E-state index in [9.17, 15) is 9.59 Å². The second kappa shape index (κ2) is 7.89. The van der Waals surface area contributed by atoms with Crippen LogP contribution < -0.4 is 9.64 Å². The Bertz CT molecular complexity index is 730. The van der Waals surface area contributed by atoms with Crippen LogP contribution >= 0.6 is 0 Å². The number of aromatic nitrogens is 2. The molecule has 0 radical (unpaired) electrons. The van der Waals surface area contributed by atoms with E-state index in [4.69, 9.17) is 14.2 Å². The Morgan fingerprint density at radius 2 is 1.64 bits per heavy atom. The van der Waals surface area contributed by atoms with Gasteiger partial charge in [0.1, 0.15) is 16.9 Å². The monoisotopic (exact) mass is 396 g/mol. The Kier molecular flexibility index (Phi) is 6.15. The molecule has 0 spiro atoms. The Labute approximate surface area is 166 Å². The largest absolute Gasteiger partial charge is 0.491 e. The van der Waals surface area contributed by atoms with Gasteiger partial charge < -0.3 is 19.1 Å². The number of carbonyl (C=O) groups excluding carboxylic acids is 2. The highest BCUT2D eigenvalue weighted by atomic mass is 16.6. The fraction of sp³-hybridized carbons (Fsp3) is 0.737. The average Bonchev–Trinajstić information content (AvgIpc) is 2.73. The van der Waals surface area contributed by atoms with Crippen molar-refractivity contribution in [1.82, 2.24) is 14.7 Å². The van der Waals surface area contributed by atoms with Gasteiger partial charge >= 0.3 is 12.2 Å². The van der Waals surface area contributed by atoms with Crippen LogP contribution in [0.4, 0.5) is 15.4 Å². The van der Waals surface area contributed by atoms with Gasteiger partial charge in [0.25, 0.3) is 0 Å². The molecule has 0 atom stereocenters. The second-order valence-electron chi connectivity index (χ2n) is 8.82. The van der Waals surface area contributed by atoms with Gasteiger partial charge in [-0.25, -0.2) is 9.59 Å². The van der Waals surface area contributed by atoms with Crippen LogP contribution in [0.5, 0.6) is 5.75 Å². The molecular weight excluding hydrogens is 364 g/mol. The molecule has 0 aromatic carbocycles. The van der Waals surface area contributed by atoms with Crippen LogP contribution in [-0.2, 0) is 22.6 Å². The van der Waals surface area contributed by atoms with Gasteiger partial charge in [-0.1, -0.05) is 0 Å². The van der Waals surface area contributed by atoms with Crippen molar-refractivity contribution in [3.05, 3.63) is 5.69 Å². The number of hydrogen-bond donors (Lipinski definition) is 0. The summed E-state index contributed by atoms with van der Waals surface area (Å²) >= 11 is 0. The van der Waals surface area contributed by atoms with Gasteiger partial charge in [-0.15, -0.1) is 0 Å². The summed E-state index contributed by atoms with van der Waals surface area (Å²) in [6.07, 6.45) is -0.193. The van der Waals surface area contributed by atoms with Crippen molar-refractivity contribution in [1.29, 1.82) is 0 Å². The van der Waals surface area contributed by atoms with E-state index in [-0.39, 0.29) is 12.6 Å². The van der Waals surface area contributed by atoms with Gasteiger partial charge in [0.2, 0.25) is 5.82 Å². The van der Waals surface area contributed by atoms with Crippen LogP contribution in [-0.4, -0.2) is 58.8 Å². The molecule has 158 valence electrons. The fourth-order valence-corrected chi connectivity index (χ4v) is 2.80. The summed E-state index contributed by atoms with van der Waals surface area (Å²) in [6.45, 7) is 12.4. The summed E-state index contributed by atoms with van der Waals surface area (Å²) < 4.78 is 18.3. The highest BCUT2D eigenvalue weighted by Gasteiger charge is 2.32. The molecule has 1 aromatic heterocycles. The van der Waals surface area contributed by atoms with E-state index in [1.54, 1.807) is 37.4 Å². The molecule has 9 nitrogen and oxygen atoms in total. The van der Waals surface area contributed by atoms with Crippen molar-refractivity contribution >= 4 is 18.0 Å². The molecular formula is C19H32N4O5. The first-order valence-electron chi connectivity index (χ1n) is 9.40. The number of amides is 2. The Morgan fingerprint density at radius 3 is 2.18 bits per heavy atom. The SMILES string of the molecule is COc1c(N(C)C(=O)OC(C)(C)C)nn2c1CN(C(=O)OC(C)(C)C)CCC2. The molecule has 1 aromatic rings. The predicted octanol–water partition coefficient (Wildman–Crippen LogP) is 3.40. The molecule has 0 saturated carbocycles. The molecule has 0 unspecified atom stereocenters. The first-order valence-corrected chi connectivity index (χ1v) is 9.40. The minimum absolute atomic E-state index is 0.285. The minimum atomic E-state index is -0.622. The van der Waals surface area contributed by atoms with E-state index in [1.165, 1.54) is 12.0 Å². The number of rotatable bonds is 2. The van der Waals surface area contributed by atoms with Gasteiger partial charge in [0, 0.05) is 20.1 Å². The van der Waals surface area contributed by atoms with Gasteiger partial charge in [-0.2, -0.15) is 5.10 Å². The van der Waals surface area contributed by atoms with Gasteiger partial charge in [0.05, 0.1) is 13.7 Å². The summed E-state index contributed by atoms with van der Waals surface area (Å²) in [4.78, 5) is 27.9. The first kappa shape index (κ1) is 21.8. The molecule has 2 heterocycles. The van der Waals surface area contributed by atoms with Crippen LogP contribution in [0.2, 0.25) is 0 Å². The molecule has 0 N–H and O–H groups in total. The fourth-order valence-electron chi connectivity index (χ4n) is 2.80. The Hall–Kier alpha value is -2.45. The number of ether oxygens (including phenoxy) is 3. The standard InChI is InChI=1S/C19H32N4O5/c1-18(2,3)27-16(24)21(7)15-14(26-8)13-12-22(10-9-11-23(13)20-15)17(25)28-19(4,5)6/h9-12H2,1-8H3. The second-order valence-corrected chi connectivity index (χ2v) is 8.82. The molecule has 1 aliphatic heterocycles. The van der Waals surface area contributed by atoms with Crippen LogP contribution in [0.1, 0.15) is 53.7 Å². The van der Waals surface area contributed by atoms with E-state index >= 15 is 0 Å². The molecule has 28 heavy (non-hydrogen) atoms. The zero-order chi connectivity index (χ0) is 21.3. The van der Waals surface area contributed by atoms with E-state index in [0.29, 0.717) is 31.1 Å². The molecule has 0 bridgehead atoms. The van der Waals surface area contributed by atoms with Crippen molar-refractivity contribution in [3.8, 4) is 5.75 Å². The Morgan fingerprint density at radius 1 is 1.04 bits per heavy atom. The summed E-state index contributed by atoms with van der Waals surface area (Å²) in [7, 11) is 3.11. The lowest BCUT2D eigenvalue weighted by Crippen LogP contribution is -2.36. The average molecular weight is 396 g/mol. The number of nitrogens with zero attached hydrogens (tertiary/aromatic N) is 4. The number of methoxy groups -OCH3 is 1. The summed E-state index contributed by atoms with van der Waals surface area (Å²) in [5.74, 6) is 0.807. The topological polar surface area (TPSA) is 86.1 Å². The number of aryl methyl sites for hydroxylation is 1. The minimum Gasteiger partial charge on any atom is -0.491 e. The molecule has 2 rings (SSSR count). The normalized spacial score (nSPS) is 14.8. The maximum Gasteiger partial charge on any atom is 0.415 e. The molecule has 0 saturated heterocycles. The van der Waals surface area contributed by atoms with Crippen molar-refractivity contribution < 1.29 is 23.8 Å². The van der Waals surface area contributed by atoms with Crippen molar-refractivity contribution in [2.75, 3.05) is 25.6 Å². The number of fused-ring (bicyclic) bond motifs is 1. The van der Waals surface area contributed by atoms with Crippen LogP contribution in [0, 0.1) is 0 Å².